The van der Waals surface area contributed by atoms with Crippen molar-refractivity contribution in [2.24, 2.45) is 0 Å². The van der Waals surface area contributed by atoms with Crippen LogP contribution in [0, 0.1) is 0 Å². The van der Waals surface area contributed by atoms with Crippen molar-refractivity contribution in [2.75, 3.05) is 0 Å². The molecule has 162 valence electrons. The Bertz CT molecular complexity index is 1290. The molecular formula is C25H25N5O2. The van der Waals surface area contributed by atoms with Crippen LogP contribution in [0.1, 0.15) is 53.3 Å². The Morgan fingerprint density at radius 1 is 1.03 bits per heavy atom. The molecule has 1 N–H and O–H groups in total. The summed E-state index contributed by atoms with van der Waals surface area (Å²) in [5.74, 6) is -0.163. The topological polar surface area (TPSA) is 81.8 Å². The van der Waals surface area contributed by atoms with Gasteiger partial charge >= 0.3 is 0 Å². The molecule has 2 aromatic carbocycles. The van der Waals surface area contributed by atoms with Gasteiger partial charge < -0.3 is 9.88 Å². The number of carbonyl (C=O) groups excluding carboxylic acids is 1. The second-order valence-electron chi connectivity index (χ2n) is 8.29. The Balaban J connectivity index is 1.35. The average molecular weight is 428 g/mol. The van der Waals surface area contributed by atoms with Crippen LogP contribution in [0.25, 0.3) is 10.8 Å². The van der Waals surface area contributed by atoms with Crippen molar-refractivity contribution < 1.29 is 4.79 Å². The smallest absolute Gasteiger partial charge is 0.274 e. The average Bonchev–Trinajstić information content (AvgIpc) is 3.54. The minimum atomic E-state index is -0.163. The van der Waals surface area contributed by atoms with Crippen molar-refractivity contribution in [1.82, 2.24) is 24.6 Å². The molecule has 0 unspecified atom stereocenters. The van der Waals surface area contributed by atoms with Crippen LogP contribution in [0.2, 0.25) is 0 Å². The second kappa shape index (κ2) is 8.78. The molecule has 2 aromatic heterocycles. The van der Waals surface area contributed by atoms with Crippen molar-refractivity contribution in [1.29, 1.82) is 0 Å². The van der Waals surface area contributed by atoms with E-state index in [0.29, 0.717) is 17.5 Å². The van der Waals surface area contributed by atoms with Crippen molar-refractivity contribution in [3.63, 3.8) is 0 Å². The minimum Gasteiger partial charge on any atom is -0.346 e. The third kappa shape index (κ3) is 4.06. The lowest BCUT2D eigenvalue weighted by atomic mass is 10.1. The number of rotatable bonds is 6. The number of hydrogen-bond acceptors (Lipinski definition) is 4. The number of benzene rings is 2. The van der Waals surface area contributed by atoms with E-state index in [0.717, 1.165) is 42.3 Å². The van der Waals surface area contributed by atoms with Gasteiger partial charge in [0.1, 0.15) is 0 Å². The number of carbonyl (C=O) groups is 1. The summed E-state index contributed by atoms with van der Waals surface area (Å²) in [4.78, 5) is 29.8. The second-order valence-corrected chi connectivity index (χ2v) is 8.29. The zero-order valence-corrected chi connectivity index (χ0v) is 17.8. The van der Waals surface area contributed by atoms with Crippen LogP contribution in [0.4, 0.5) is 0 Å². The third-order valence-electron chi connectivity index (χ3n) is 6.13. The maximum Gasteiger partial charge on any atom is 0.274 e. The van der Waals surface area contributed by atoms with E-state index in [4.69, 9.17) is 0 Å². The predicted molar refractivity (Wildman–Crippen MR) is 122 cm³/mol. The van der Waals surface area contributed by atoms with Crippen LogP contribution in [-0.4, -0.2) is 25.2 Å². The van der Waals surface area contributed by atoms with E-state index in [1.54, 1.807) is 17.2 Å². The summed E-state index contributed by atoms with van der Waals surface area (Å²) in [6.45, 7) is 0.976. The highest BCUT2D eigenvalue weighted by atomic mass is 16.1. The molecule has 0 atom stereocenters. The van der Waals surface area contributed by atoms with Gasteiger partial charge in [0.05, 0.1) is 30.0 Å². The Hall–Kier alpha value is -3.74. The molecule has 1 saturated carbocycles. The highest BCUT2D eigenvalue weighted by Gasteiger charge is 2.21. The number of hydrogen-bond donors (Lipinski definition) is 1. The molecule has 0 bridgehead atoms. The van der Waals surface area contributed by atoms with E-state index in [2.05, 4.69) is 15.4 Å². The van der Waals surface area contributed by atoms with Gasteiger partial charge in [-0.25, -0.2) is 9.67 Å². The molecule has 1 fully saturated rings. The Labute approximate surface area is 185 Å². The first-order valence-corrected chi connectivity index (χ1v) is 11.0. The third-order valence-corrected chi connectivity index (χ3v) is 6.13. The summed E-state index contributed by atoms with van der Waals surface area (Å²) in [6.07, 6.45) is 9.61. The highest BCUT2D eigenvalue weighted by molar-refractivity contribution is 5.94. The van der Waals surface area contributed by atoms with Gasteiger partial charge in [-0.15, -0.1) is 0 Å². The van der Waals surface area contributed by atoms with E-state index in [-0.39, 0.29) is 24.1 Å². The van der Waals surface area contributed by atoms with Crippen molar-refractivity contribution in [3.05, 3.63) is 94.4 Å². The van der Waals surface area contributed by atoms with Crippen LogP contribution in [-0.2, 0) is 13.1 Å². The molecular weight excluding hydrogens is 402 g/mol. The van der Waals surface area contributed by atoms with Crippen LogP contribution < -0.4 is 10.9 Å². The lowest BCUT2D eigenvalue weighted by Crippen LogP contribution is -2.30. The zero-order chi connectivity index (χ0) is 21.9. The number of amides is 1. The fraction of sp³-hybridized carbons (Fsp3) is 0.280. The summed E-state index contributed by atoms with van der Waals surface area (Å²) >= 11 is 0. The fourth-order valence-corrected chi connectivity index (χ4v) is 4.42. The van der Waals surface area contributed by atoms with Gasteiger partial charge in [0, 0.05) is 29.9 Å². The zero-order valence-electron chi connectivity index (χ0n) is 17.8. The van der Waals surface area contributed by atoms with Crippen molar-refractivity contribution in [2.45, 2.75) is 44.8 Å². The highest BCUT2D eigenvalue weighted by Crippen LogP contribution is 2.28. The molecule has 32 heavy (non-hydrogen) atoms. The van der Waals surface area contributed by atoms with E-state index >= 15 is 0 Å². The van der Waals surface area contributed by atoms with Gasteiger partial charge in [0.25, 0.3) is 11.5 Å². The monoisotopic (exact) mass is 427 g/mol. The summed E-state index contributed by atoms with van der Waals surface area (Å²) < 4.78 is 3.62. The molecule has 4 aromatic rings. The van der Waals surface area contributed by atoms with Crippen LogP contribution in [0.15, 0.2) is 72.0 Å². The molecule has 7 heteroatoms. The van der Waals surface area contributed by atoms with Crippen LogP contribution in [0.3, 0.4) is 0 Å². The standard InChI is InChI=1S/C25H25N5O2/c31-24(19-11-9-18(10-12-19)16-29-14-13-26-17-29)27-15-23-21-7-3-4-8-22(21)25(32)30(28-23)20-5-1-2-6-20/h3-4,7-14,17,20H,1-2,5-6,15-16H2,(H,27,31). The summed E-state index contributed by atoms with van der Waals surface area (Å²) in [5.41, 5.74) is 2.36. The molecule has 1 amide bonds. The normalized spacial score (nSPS) is 14.1. The largest absolute Gasteiger partial charge is 0.346 e. The van der Waals surface area contributed by atoms with E-state index in [1.165, 1.54) is 0 Å². The molecule has 0 aliphatic heterocycles. The molecule has 7 nitrogen and oxygen atoms in total. The van der Waals surface area contributed by atoms with Gasteiger partial charge in [-0.3, -0.25) is 9.59 Å². The summed E-state index contributed by atoms with van der Waals surface area (Å²) in [5, 5.41) is 9.11. The first-order valence-electron chi connectivity index (χ1n) is 11.0. The molecule has 0 saturated heterocycles. The van der Waals surface area contributed by atoms with Crippen molar-refractivity contribution in [3.8, 4) is 0 Å². The number of imidazole rings is 1. The number of nitrogens with zero attached hydrogens (tertiary/aromatic N) is 4. The maximum absolute atomic E-state index is 13.0. The molecule has 0 spiro atoms. The molecule has 1 aliphatic carbocycles. The fourth-order valence-electron chi connectivity index (χ4n) is 4.42. The SMILES string of the molecule is O=C(NCc1nn(C2CCCC2)c(=O)c2ccccc12)c1ccc(Cn2ccnc2)cc1. The Kier molecular flexibility index (Phi) is 5.54. The quantitative estimate of drug-likeness (QED) is 0.509. The first-order chi connectivity index (χ1) is 15.7. The minimum absolute atomic E-state index is 0.0453. The van der Waals surface area contributed by atoms with E-state index in [9.17, 15) is 9.59 Å². The van der Waals surface area contributed by atoms with Gasteiger partial charge in [-0.2, -0.15) is 5.10 Å². The molecule has 1 aliphatic rings. The van der Waals surface area contributed by atoms with Gasteiger partial charge in [-0.05, 0) is 36.6 Å². The summed E-state index contributed by atoms with van der Waals surface area (Å²) in [6, 6.07) is 15.2. The molecule has 5 rings (SSSR count). The molecule has 2 heterocycles. The number of nitrogens with one attached hydrogen (secondary N) is 1. The van der Waals surface area contributed by atoms with E-state index < -0.39 is 0 Å². The maximum atomic E-state index is 13.0. The predicted octanol–water partition coefficient (Wildman–Crippen LogP) is 3.69. The van der Waals surface area contributed by atoms with Crippen LogP contribution in [0.5, 0.6) is 0 Å². The lowest BCUT2D eigenvalue weighted by Gasteiger charge is -2.16. The Morgan fingerprint density at radius 3 is 2.50 bits per heavy atom. The van der Waals surface area contributed by atoms with Crippen LogP contribution >= 0.6 is 0 Å². The summed E-state index contributed by atoms with van der Waals surface area (Å²) in [7, 11) is 0. The van der Waals surface area contributed by atoms with Gasteiger partial charge in [0.2, 0.25) is 0 Å². The van der Waals surface area contributed by atoms with Gasteiger partial charge in [-0.1, -0.05) is 43.2 Å². The first kappa shape index (κ1) is 20.2. The van der Waals surface area contributed by atoms with Gasteiger partial charge in [0.15, 0.2) is 0 Å². The number of fused-ring (bicyclic) bond motifs is 1. The molecule has 0 radical (unpaired) electrons. The van der Waals surface area contributed by atoms with Crippen molar-refractivity contribution >= 4 is 16.7 Å². The van der Waals surface area contributed by atoms with E-state index in [1.807, 2.05) is 59.3 Å². The Morgan fingerprint density at radius 2 is 1.78 bits per heavy atom. The number of aromatic nitrogens is 4. The lowest BCUT2D eigenvalue weighted by molar-refractivity contribution is 0.0950.